The highest BCUT2D eigenvalue weighted by atomic mass is 19.4. The average Bonchev–Trinajstić information content (AvgIpc) is 2.17. The van der Waals surface area contributed by atoms with Crippen molar-refractivity contribution in [2.24, 2.45) is 0 Å². The lowest BCUT2D eigenvalue weighted by Crippen LogP contribution is -2.11. The molecule has 0 amide bonds. The van der Waals surface area contributed by atoms with Gasteiger partial charge < -0.3 is 0 Å². The molecule has 1 aromatic heterocycles. The van der Waals surface area contributed by atoms with Gasteiger partial charge in [-0.15, -0.1) is 0 Å². The van der Waals surface area contributed by atoms with E-state index < -0.39 is 11.9 Å². The molecule has 0 aliphatic heterocycles. The molecule has 16 heavy (non-hydrogen) atoms. The third-order valence-electron chi connectivity index (χ3n) is 2.00. The van der Waals surface area contributed by atoms with Crippen LogP contribution >= 0.6 is 0 Å². The zero-order chi connectivity index (χ0) is 12.2. The number of hydrogen-bond donors (Lipinski definition) is 0. The van der Waals surface area contributed by atoms with Crippen molar-refractivity contribution < 1.29 is 18.0 Å². The van der Waals surface area contributed by atoms with Crippen molar-refractivity contribution in [2.75, 3.05) is 0 Å². The van der Waals surface area contributed by atoms with Gasteiger partial charge in [0.15, 0.2) is 0 Å². The Bertz CT molecular complexity index is 374. The van der Waals surface area contributed by atoms with Crippen molar-refractivity contribution in [3.63, 3.8) is 0 Å². The lowest BCUT2D eigenvalue weighted by atomic mass is 10.1. The summed E-state index contributed by atoms with van der Waals surface area (Å²) < 4.78 is 36.9. The first-order valence-corrected chi connectivity index (χ1v) is 4.98. The van der Waals surface area contributed by atoms with Gasteiger partial charge in [0, 0.05) is 18.5 Å². The molecule has 0 fully saturated rings. The van der Waals surface area contributed by atoms with Gasteiger partial charge in [-0.3, -0.25) is 4.79 Å². The number of carbonyl (C=O) groups excluding carboxylic acids is 1. The molecule has 0 spiro atoms. The van der Waals surface area contributed by atoms with E-state index in [0.717, 1.165) is 6.07 Å². The Morgan fingerprint density at radius 2 is 2.06 bits per heavy atom. The van der Waals surface area contributed by atoms with Crippen LogP contribution in [0.5, 0.6) is 0 Å². The minimum absolute atomic E-state index is 0.0300. The molecule has 2 nitrogen and oxygen atoms in total. The zero-order valence-electron chi connectivity index (χ0n) is 8.84. The highest BCUT2D eigenvalue weighted by Gasteiger charge is 2.32. The van der Waals surface area contributed by atoms with Crippen molar-refractivity contribution in [3.8, 4) is 0 Å². The maximum atomic E-state index is 12.3. The van der Waals surface area contributed by atoms with Crippen LogP contribution < -0.4 is 0 Å². The number of pyridine rings is 1. The molecule has 0 saturated heterocycles. The van der Waals surface area contributed by atoms with Gasteiger partial charge in [-0.2, -0.15) is 13.2 Å². The Morgan fingerprint density at radius 3 is 2.62 bits per heavy atom. The molecular formula is C11H12F3NO. The number of hydrogen-bond acceptors (Lipinski definition) is 2. The molecule has 0 aliphatic carbocycles. The van der Waals surface area contributed by atoms with Crippen LogP contribution in [0.2, 0.25) is 0 Å². The van der Waals surface area contributed by atoms with Gasteiger partial charge in [0.2, 0.25) is 0 Å². The molecule has 1 rings (SSSR count). The van der Waals surface area contributed by atoms with Crippen LogP contribution in [0.4, 0.5) is 13.2 Å². The highest BCUT2D eigenvalue weighted by Crippen LogP contribution is 2.27. The summed E-state index contributed by atoms with van der Waals surface area (Å²) in [5, 5.41) is 0. The van der Waals surface area contributed by atoms with E-state index in [1.54, 1.807) is 0 Å². The smallest absolute Gasteiger partial charge is 0.299 e. The molecule has 1 heterocycles. The second-order valence-electron chi connectivity index (χ2n) is 3.48. The Kier molecular flexibility index (Phi) is 4.04. The summed E-state index contributed by atoms with van der Waals surface area (Å²) in [6.07, 6.45) is -3.42. The first-order valence-electron chi connectivity index (χ1n) is 4.98. The summed E-state index contributed by atoms with van der Waals surface area (Å²) in [7, 11) is 0. The van der Waals surface area contributed by atoms with Crippen LogP contribution in [0.25, 0.3) is 0 Å². The number of aromatic nitrogens is 1. The van der Waals surface area contributed by atoms with E-state index >= 15 is 0 Å². The Labute approximate surface area is 91.5 Å². The molecule has 0 unspecified atom stereocenters. The van der Waals surface area contributed by atoms with E-state index in [1.807, 2.05) is 6.92 Å². The van der Waals surface area contributed by atoms with Crippen LogP contribution in [0, 0.1) is 0 Å². The summed E-state index contributed by atoms with van der Waals surface area (Å²) in [5.41, 5.74) is -0.775. The molecule has 88 valence electrons. The minimum Gasteiger partial charge on any atom is -0.299 e. The Hall–Kier alpha value is -1.39. The maximum absolute atomic E-state index is 12.3. The third-order valence-corrected chi connectivity index (χ3v) is 2.00. The number of nitrogens with zero attached hydrogens (tertiary/aromatic N) is 1. The van der Waals surface area contributed by atoms with Crippen LogP contribution in [-0.2, 0) is 17.4 Å². The molecule has 0 radical (unpaired) electrons. The molecule has 0 saturated carbocycles. The quantitative estimate of drug-likeness (QED) is 0.797. The van der Waals surface area contributed by atoms with Gasteiger partial charge in [0.05, 0.1) is 0 Å². The predicted molar refractivity (Wildman–Crippen MR) is 52.9 cm³/mol. The maximum Gasteiger partial charge on any atom is 0.433 e. The van der Waals surface area contributed by atoms with Crippen molar-refractivity contribution in [3.05, 3.63) is 29.6 Å². The lowest BCUT2D eigenvalue weighted by Gasteiger charge is -2.07. The largest absolute Gasteiger partial charge is 0.433 e. The number of ketones is 1. The summed E-state index contributed by atoms with van der Waals surface area (Å²) in [4.78, 5) is 14.7. The first kappa shape index (κ1) is 12.7. The summed E-state index contributed by atoms with van der Waals surface area (Å²) >= 11 is 0. The summed E-state index contributed by atoms with van der Waals surface area (Å²) in [5.74, 6) is -0.0886. The predicted octanol–water partition coefficient (Wildman–Crippen LogP) is 3.01. The normalized spacial score (nSPS) is 11.5. The van der Waals surface area contributed by atoms with Gasteiger partial charge >= 0.3 is 6.18 Å². The molecule has 0 atom stereocenters. The molecule has 1 aromatic rings. The third kappa shape index (κ3) is 3.64. The fraction of sp³-hybridized carbons (Fsp3) is 0.455. The van der Waals surface area contributed by atoms with Crippen molar-refractivity contribution in [2.45, 2.75) is 32.4 Å². The van der Waals surface area contributed by atoms with Gasteiger partial charge in [-0.25, -0.2) is 4.98 Å². The first-order chi connectivity index (χ1) is 7.43. The zero-order valence-corrected chi connectivity index (χ0v) is 8.84. The number of alkyl halides is 3. The van der Waals surface area contributed by atoms with Gasteiger partial charge in [-0.1, -0.05) is 13.0 Å². The Balaban J connectivity index is 2.79. The number of halogens is 3. The van der Waals surface area contributed by atoms with Crippen molar-refractivity contribution in [1.82, 2.24) is 4.98 Å². The molecule has 0 aromatic carbocycles. The standard InChI is InChI=1S/C11H12F3NO/c1-2-4-9(16)7-8-5-3-6-10(15-8)11(12,13)14/h3,5-6H,2,4,7H2,1H3. The van der Waals surface area contributed by atoms with E-state index in [-0.39, 0.29) is 17.9 Å². The second kappa shape index (κ2) is 5.09. The molecule has 0 N–H and O–H groups in total. The van der Waals surface area contributed by atoms with Crippen LogP contribution in [0.3, 0.4) is 0 Å². The number of carbonyl (C=O) groups is 1. The van der Waals surface area contributed by atoms with Crippen LogP contribution in [0.1, 0.15) is 31.2 Å². The lowest BCUT2D eigenvalue weighted by molar-refractivity contribution is -0.141. The molecule has 5 heteroatoms. The van der Waals surface area contributed by atoms with Crippen molar-refractivity contribution in [1.29, 1.82) is 0 Å². The van der Waals surface area contributed by atoms with E-state index in [4.69, 9.17) is 0 Å². The molecule has 0 bridgehead atoms. The van der Waals surface area contributed by atoms with Gasteiger partial charge in [0.25, 0.3) is 0 Å². The monoisotopic (exact) mass is 231 g/mol. The van der Waals surface area contributed by atoms with Crippen molar-refractivity contribution >= 4 is 5.78 Å². The second-order valence-corrected chi connectivity index (χ2v) is 3.48. The Morgan fingerprint density at radius 1 is 1.38 bits per heavy atom. The van der Waals surface area contributed by atoms with E-state index in [9.17, 15) is 18.0 Å². The van der Waals surface area contributed by atoms with Gasteiger partial charge in [-0.05, 0) is 18.6 Å². The minimum atomic E-state index is -4.45. The van der Waals surface area contributed by atoms with E-state index in [1.165, 1.54) is 12.1 Å². The molecular weight excluding hydrogens is 219 g/mol. The van der Waals surface area contributed by atoms with Gasteiger partial charge in [0.1, 0.15) is 11.5 Å². The molecule has 0 aliphatic rings. The topological polar surface area (TPSA) is 30.0 Å². The van der Waals surface area contributed by atoms with E-state index in [2.05, 4.69) is 4.98 Å². The summed E-state index contributed by atoms with van der Waals surface area (Å²) in [6, 6.07) is 3.60. The SMILES string of the molecule is CCCC(=O)Cc1cccc(C(F)(F)F)n1. The van der Waals surface area contributed by atoms with Crippen LogP contribution in [-0.4, -0.2) is 10.8 Å². The fourth-order valence-electron chi connectivity index (χ4n) is 1.31. The highest BCUT2D eigenvalue weighted by molar-refractivity contribution is 5.80. The van der Waals surface area contributed by atoms with E-state index in [0.29, 0.717) is 12.8 Å². The van der Waals surface area contributed by atoms with Crippen LogP contribution in [0.15, 0.2) is 18.2 Å². The average molecular weight is 231 g/mol. The number of rotatable bonds is 4. The summed E-state index contributed by atoms with van der Waals surface area (Å²) in [6.45, 7) is 1.84. The fourth-order valence-corrected chi connectivity index (χ4v) is 1.31. The number of Topliss-reactive ketones (excluding diaryl/α,β-unsaturated/α-hetero) is 1.